The highest BCUT2D eigenvalue weighted by atomic mass is 31.2. The van der Waals surface area contributed by atoms with Gasteiger partial charge in [0.2, 0.25) is 0 Å². The van der Waals surface area contributed by atoms with Gasteiger partial charge in [-0.15, -0.1) is 0 Å². The molecule has 2 atom stereocenters. The summed E-state index contributed by atoms with van der Waals surface area (Å²) in [7, 11) is -4.40. The van der Waals surface area contributed by atoms with E-state index in [0.717, 1.165) is 122 Å². The Hall–Kier alpha value is -3.85. The summed E-state index contributed by atoms with van der Waals surface area (Å²) in [6, 6.07) is 0. The van der Waals surface area contributed by atoms with Gasteiger partial charge in [0, 0.05) is 19.4 Å². The fourth-order valence-corrected chi connectivity index (χ4v) is 7.89. The van der Waals surface area contributed by atoms with E-state index in [-0.39, 0.29) is 32.6 Å². The van der Waals surface area contributed by atoms with E-state index >= 15 is 0 Å². The van der Waals surface area contributed by atoms with Gasteiger partial charge in [-0.1, -0.05) is 218 Å². The zero-order valence-corrected chi connectivity index (χ0v) is 46.3. The largest absolute Gasteiger partial charge is 0.472 e. The molecule has 0 aromatic heterocycles. The Balaban J connectivity index is 4.11. The summed E-state index contributed by atoms with van der Waals surface area (Å²) in [6.45, 7) is 3.57. The van der Waals surface area contributed by atoms with E-state index in [1.165, 1.54) is 51.4 Å². The summed E-state index contributed by atoms with van der Waals surface area (Å²) >= 11 is 0. The van der Waals surface area contributed by atoms with E-state index in [4.69, 9.17) is 24.3 Å². The third kappa shape index (κ3) is 55.5. The molecule has 0 rings (SSSR count). The van der Waals surface area contributed by atoms with Crippen molar-refractivity contribution >= 4 is 19.8 Å². The third-order valence-corrected chi connectivity index (χ3v) is 12.3. The first-order valence-corrected chi connectivity index (χ1v) is 29.7. The highest BCUT2D eigenvalue weighted by Gasteiger charge is 2.26. The fraction of sp³-hybridized carbons (Fsp3) is 0.613. The maximum Gasteiger partial charge on any atom is 0.472 e. The van der Waals surface area contributed by atoms with Gasteiger partial charge in [-0.05, 0) is 116 Å². The highest BCUT2D eigenvalue weighted by molar-refractivity contribution is 7.47. The molecule has 0 aliphatic rings. The van der Waals surface area contributed by atoms with Gasteiger partial charge in [-0.2, -0.15) is 0 Å². The van der Waals surface area contributed by atoms with Crippen LogP contribution in [0, 0.1) is 0 Å². The van der Waals surface area contributed by atoms with Gasteiger partial charge in [0.15, 0.2) is 6.10 Å². The number of carbonyl (C=O) groups is 2. The van der Waals surface area contributed by atoms with E-state index < -0.39 is 32.5 Å². The second-order valence-corrected chi connectivity index (χ2v) is 19.5. The van der Waals surface area contributed by atoms with Gasteiger partial charge in [-0.25, -0.2) is 4.57 Å². The first-order chi connectivity index (χ1) is 35.3. The predicted octanol–water partition coefficient (Wildman–Crippen LogP) is 17.8. The molecular weight excluding hydrogens is 918 g/mol. The van der Waals surface area contributed by atoms with Crippen molar-refractivity contribution in [3.63, 3.8) is 0 Å². The third-order valence-electron chi connectivity index (χ3n) is 11.3. The summed E-state index contributed by atoms with van der Waals surface area (Å²) in [5.41, 5.74) is 5.37. The number of rotatable bonds is 51. The van der Waals surface area contributed by atoms with Crippen LogP contribution in [0.25, 0.3) is 0 Å². The minimum Gasteiger partial charge on any atom is -0.462 e. The second-order valence-electron chi connectivity index (χ2n) is 18.1. The molecule has 2 unspecified atom stereocenters. The highest BCUT2D eigenvalue weighted by Crippen LogP contribution is 2.43. The molecule has 0 amide bonds. The van der Waals surface area contributed by atoms with Crippen molar-refractivity contribution in [2.24, 2.45) is 5.73 Å². The molecule has 9 nitrogen and oxygen atoms in total. The zero-order chi connectivity index (χ0) is 52.4. The van der Waals surface area contributed by atoms with E-state index in [0.29, 0.717) is 12.8 Å². The molecule has 0 saturated carbocycles. The van der Waals surface area contributed by atoms with Crippen LogP contribution in [0.4, 0.5) is 0 Å². The van der Waals surface area contributed by atoms with Gasteiger partial charge < -0.3 is 20.1 Å². The lowest BCUT2D eigenvalue weighted by Gasteiger charge is -2.19. The Kier molecular flexibility index (Phi) is 53.4. The molecule has 0 aromatic carbocycles. The maximum absolute atomic E-state index is 12.7. The molecule has 72 heavy (non-hydrogen) atoms. The molecule has 0 radical (unpaired) electrons. The van der Waals surface area contributed by atoms with Gasteiger partial charge in [0.25, 0.3) is 0 Å². The minimum absolute atomic E-state index is 0.0409. The number of esters is 2. The van der Waals surface area contributed by atoms with Crippen molar-refractivity contribution in [3.05, 3.63) is 134 Å². The van der Waals surface area contributed by atoms with Crippen LogP contribution in [0.3, 0.4) is 0 Å². The monoisotopic (exact) mass is 1020 g/mol. The van der Waals surface area contributed by atoms with Crippen molar-refractivity contribution in [1.29, 1.82) is 0 Å². The van der Waals surface area contributed by atoms with Crippen molar-refractivity contribution in [2.75, 3.05) is 26.4 Å². The molecular formula is C62H102NO8P. The van der Waals surface area contributed by atoms with Crippen LogP contribution in [0.1, 0.15) is 213 Å². The van der Waals surface area contributed by atoms with Gasteiger partial charge in [-0.3, -0.25) is 18.6 Å². The number of nitrogens with two attached hydrogens (primary N) is 1. The summed E-state index contributed by atoms with van der Waals surface area (Å²) < 4.78 is 32.9. The summed E-state index contributed by atoms with van der Waals surface area (Å²) in [5.74, 6) is -0.876. The van der Waals surface area contributed by atoms with Gasteiger partial charge in [0.05, 0.1) is 13.2 Å². The number of carbonyl (C=O) groups excluding carboxylic acids is 2. The lowest BCUT2D eigenvalue weighted by molar-refractivity contribution is -0.161. The zero-order valence-electron chi connectivity index (χ0n) is 45.4. The van der Waals surface area contributed by atoms with Crippen molar-refractivity contribution in [1.82, 2.24) is 0 Å². The van der Waals surface area contributed by atoms with Crippen molar-refractivity contribution in [2.45, 2.75) is 219 Å². The number of hydrogen-bond donors (Lipinski definition) is 2. The molecule has 3 N–H and O–H groups in total. The van der Waals surface area contributed by atoms with Crippen LogP contribution in [-0.4, -0.2) is 49.3 Å². The lowest BCUT2D eigenvalue weighted by Crippen LogP contribution is -2.29. The summed E-state index contributed by atoms with van der Waals surface area (Å²) in [4.78, 5) is 35.1. The number of hydrogen-bond acceptors (Lipinski definition) is 8. The smallest absolute Gasteiger partial charge is 0.462 e. The summed E-state index contributed by atoms with van der Waals surface area (Å²) in [5, 5.41) is 0. The van der Waals surface area contributed by atoms with Crippen LogP contribution < -0.4 is 5.73 Å². The van der Waals surface area contributed by atoms with Crippen LogP contribution >= 0.6 is 7.82 Å². The quantitative estimate of drug-likeness (QED) is 0.0264. The number of unbranched alkanes of at least 4 members (excludes halogenated alkanes) is 16. The van der Waals surface area contributed by atoms with Crippen molar-refractivity contribution in [3.8, 4) is 0 Å². The predicted molar refractivity (Wildman–Crippen MR) is 307 cm³/mol. The minimum atomic E-state index is -4.40. The molecule has 0 aromatic rings. The topological polar surface area (TPSA) is 134 Å². The Morgan fingerprint density at radius 1 is 0.431 bits per heavy atom. The molecule has 0 spiro atoms. The molecule has 0 bridgehead atoms. The fourth-order valence-electron chi connectivity index (χ4n) is 7.13. The number of allylic oxidation sites excluding steroid dienone is 22. The molecule has 0 aliphatic carbocycles. The summed E-state index contributed by atoms with van der Waals surface area (Å²) in [6.07, 6.45) is 79.3. The van der Waals surface area contributed by atoms with Crippen LogP contribution in [-0.2, 0) is 32.7 Å². The van der Waals surface area contributed by atoms with E-state index in [9.17, 15) is 19.0 Å². The standard InChI is InChI=1S/C62H102NO8P/c1-3-5-7-9-11-13-15-17-19-21-22-23-24-25-26-27-28-29-30-31-32-33-34-35-36-37-38-39-41-43-45-47-49-51-53-55-62(65)71-60(59-70-72(66,67)69-57-56-63)58-68-61(64)54-52-50-48-46-44-42-40-20-18-16-14-12-10-8-6-4-2/h5,7,11,13,17,19-20,22-23,25-26,28-29,31-32,34-35,37-38,40-41,43,60H,3-4,6,8-10,12,14-16,18,21,24,27,30,33,36,39,42,44-59,63H2,1-2H3,(H,66,67)/b7-5-,13-11-,19-17-,23-22-,26-25-,29-28-,32-31-,35-34-,38-37-,40-20-,43-41-. The Bertz CT molecular complexity index is 1630. The first kappa shape index (κ1) is 68.2. The Morgan fingerprint density at radius 2 is 0.764 bits per heavy atom. The SMILES string of the molecule is CC/C=C\C/C=C\C/C=C\C/C=C\C/C=C\C/C=C\C/C=C\C/C=C\C/C=C\C/C=C\CCCCCCC(=O)OC(COC(=O)CCCCCCC/C=C\CCCCCCCCC)COP(=O)(O)OCCN. The average molecular weight is 1020 g/mol. The molecule has 10 heteroatoms. The second kappa shape index (κ2) is 56.4. The molecule has 0 fully saturated rings. The van der Waals surface area contributed by atoms with E-state index in [1.807, 2.05) is 0 Å². The molecule has 408 valence electrons. The number of ether oxygens (including phenoxy) is 2. The molecule has 0 saturated heterocycles. The normalized spacial score (nSPS) is 14.1. The Labute approximate surface area is 440 Å². The average Bonchev–Trinajstić information content (AvgIpc) is 3.37. The first-order valence-electron chi connectivity index (χ1n) is 28.2. The van der Waals surface area contributed by atoms with Crippen molar-refractivity contribution < 1.29 is 37.6 Å². The van der Waals surface area contributed by atoms with Crippen LogP contribution in [0.15, 0.2) is 134 Å². The van der Waals surface area contributed by atoms with Crippen LogP contribution in [0.2, 0.25) is 0 Å². The number of phosphoric acid groups is 1. The molecule has 0 aliphatic heterocycles. The maximum atomic E-state index is 12.7. The number of phosphoric ester groups is 1. The van der Waals surface area contributed by atoms with Gasteiger partial charge >= 0.3 is 19.8 Å². The van der Waals surface area contributed by atoms with E-state index in [1.54, 1.807) is 0 Å². The van der Waals surface area contributed by atoms with Crippen LogP contribution in [0.5, 0.6) is 0 Å². The van der Waals surface area contributed by atoms with E-state index in [2.05, 4.69) is 148 Å². The molecule has 0 heterocycles. The Morgan fingerprint density at radius 3 is 1.15 bits per heavy atom. The lowest BCUT2D eigenvalue weighted by atomic mass is 10.1. The van der Waals surface area contributed by atoms with Gasteiger partial charge in [0.1, 0.15) is 6.61 Å².